The maximum absolute atomic E-state index is 6.40. The van der Waals surface area contributed by atoms with Crippen molar-refractivity contribution >= 4 is 21.6 Å². The number of ether oxygens (including phenoxy) is 1. The lowest BCUT2D eigenvalue weighted by Gasteiger charge is -2.38. The van der Waals surface area contributed by atoms with E-state index in [-0.39, 0.29) is 9.93 Å². The van der Waals surface area contributed by atoms with Crippen LogP contribution in [0.3, 0.4) is 0 Å². The molecule has 1 nitrogen and oxygen atoms in total. The van der Waals surface area contributed by atoms with E-state index in [0.717, 1.165) is 12.8 Å². The number of thiol groups is 2. The Morgan fingerprint density at radius 2 is 1.95 bits per heavy atom. The second-order valence-electron chi connectivity index (χ2n) is 6.43. The molecule has 0 aromatic carbocycles. The predicted molar refractivity (Wildman–Crippen MR) is 93.7 cm³/mol. The van der Waals surface area contributed by atoms with Gasteiger partial charge < -0.3 is 4.74 Å². The molecule has 0 N–H and O–H groups in total. The molecule has 3 unspecified atom stereocenters. The summed E-state index contributed by atoms with van der Waals surface area (Å²) in [6, 6.07) is 0. The second-order valence-corrected chi connectivity index (χ2v) is 10.1. The third-order valence-corrected chi connectivity index (χ3v) is 5.14. The van der Waals surface area contributed by atoms with Gasteiger partial charge in [0.2, 0.25) is 0 Å². The average Bonchev–Trinajstić information content (AvgIpc) is 2.27. The second kappa shape index (κ2) is 7.99. The van der Waals surface area contributed by atoms with Crippen LogP contribution < -0.4 is 0 Å². The van der Waals surface area contributed by atoms with Crippen molar-refractivity contribution in [3.8, 4) is 0 Å². The first-order valence-corrected chi connectivity index (χ1v) is 10.8. The Balaban J connectivity index is 3.05. The minimum Gasteiger partial charge on any atom is -0.370 e. The Hall–Kier alpha value is 0.400. The molecule has 114 valence electrons. The fourth-order valence-electron chi connectivity index (χ4n) is 3.01. The lowest BCUT2D eigenvalue weighted by atomic mass is 9.84. The highest BCUT2D eigenvalue weighted by atomic mass is 33.1. The highest BCUT2D eigenvalue weighted by molar-refractivity contribution is 8.77. The fourth-order valence-corrected chi connectivity index (χ4v) is 4.39. The number of rotatable bonds is 6. The Kier molecular flexibility index (Phi) is 7.34. The standard InChI is InChI=1S/C16H32OS2/c1-7-8-14-16(12(4)5)13(10-19(6)18)9-15(17-14)11(2)3/h11-12,14-15,18-19H,7-10H2,1-6H3. The molecule has 1 aliphatic heterocycles. The predicted octanol–water partition coefficient (Wildman–Crippen LogP) is 5.03. The molecule has 0 fully saturated rings. The van der Waals surface area contributed by atoms with E-state index in [9.17, 15) is 0 Å². The highest BCUT2D eigenvalue weighted by Gasteiger charge is 2.31. The molecule has 0 radical (unpaired) electrons. The van der Waals surface area contributed by atoms with E-state index in [0.29, 0.717) is 24.0 Å². The Morgan fingerprint density at radius 1 is 1.32 bits per heavy atom. The van der Waals surface area contributed by atoms with Crippen molar-refractivity contribution in [2.24, 2.45) is 11.8 Å². The molecular formula is C16H32OS2. The van der Waals surface area contributed by atoms with Crippen molar-refractivity contribution in [3.05, 3.63) is 11.1 Å². The quantitative estimate of drug-likeness (QED) is 0.397. The molecule has 1 rings (SSSR count). The van der Waals surface area contributed by atoms with Crippen LogP contribution >= 0.6 is 21.6 Å². The molecule has 3 atom stereocenters. The molecule has 0 saturated carbocycles. The molecular weight excluding hydrogens is 272 g/mol. The molecule has 0 saturated heterocycles. The van der Waals surface area contributed by atoms with Crippen LogP contribution in [0.15, 0.2) is 11.1 Å². The van der Waals surface area contributed by atoms with Gasteiger partial charge in [-0.1, -0.05) is 46.6 Å². The zero-order valence-corrected chi connectivity index (χ0v) is 15.2. The summed E-state index contributed by atoms with van der Waals surface area (Å²) in [4.78, 5) is 0. The first kappa shape index (κ1) is 17.5. The van der Waals surface area contributed by atoms with E-state index >= 15 is 0 Å². The Labute approximate surface area is 127 Å². The van der Waals surface area contributed by atoms with Crippen LogP contribution in [0.2, 0.25) is 0 Å². The summed E-state index contributed by atoms with van der Waals surface area (Å²) in [5, 5.41) is 0. The molecule has 0 bridgehead atoms. The third kappa shape index (κ3) is 5.02. The molecule has 3 heteroatoms. The van der Waals surface area contributed by atoms with Crippen LogP contribution in [-0.2, 0) is 4.74 Å². The molecule has 0 aromatic rings. The van der Waals surface area contributed by atoms with Crippen molar-refractivity contribution in [2.75, 3.05) is 12.0 Å². The first-order chi connectivity index (χ1) is 8.86. The van der Waals surface area contributed by atoms with Crippen molar-refractivity contribution in [1.82, 2.24) is 0 Å². The molecule has 1 heterocycles. The minimum atomic E-state index is -0.160. The van der Waals surface area contributed by atoms with E-state index < -0.39 is 0 Å². The van der Waals surface area contributed by atoms with Crippen LogP contribution in [0.5, 0.6) is 0 Å². The van der Waals surface area contributed by atoms with Gasteiger partial charge >= 0.3 is 0 Å². The van der Waals surface area contributed by atoms with Gasteiger partial charge in [-0.25, -0.2) is 9.93 Å². The van der Waals surface area contributed by atoms with Gasteiger partial charge in [-0.05, 0) is 36.5 Å². The zero-order valence-electron chi connectivity index (χ0n) is 13.4. The van der Waals surface area contributed by atoms with Gasteiger partial charge in [0.1, 0.15) is 0 Å². The van der Waals surface area contributed by atoms with Crippen molar-refractivity contribution < 1.29 is 4.74 Å². The first-order valence-electron chi connectivity index (χ1n) is 7.64. The number of hydrogen-bond donors (Lipinski definition) is 2. The fraction of sp³-hybridized carbons (Fsp3) is 0.875. The van der Waals surface area contributed by atoms with Crippen LogP contribution in [0.25, 0.3) is 0 Å². The summed E-state index contributed by atoms with van der Waals surface area (Å²) in [6.45, 7) is 11.4. The summed E-state index contributed by atoms with van der Waals surface area (Å²) >= 11 is 4.67. The van der Waals surface area contributed by atoms with E-state index in [4.69, 9.17) is 4.74 Å². The van der Waals surface area contributed by atoms with Gasteiger partial charge in [0.05, 0.1) is 12.2 Å². The zero-order chi connectivity index (χ0) is 14.6. The smallest absolute Gasteiger partial charge is 0.0794 e. The molecule has 1 aliphatic rings. The van der Waals surface area contributed by atoms with E-state index in [1.165, 1.54) is 12.2 Å². The van der Waals surface area contributed by atoms with Crippen LogP contribution in [0, 0.1) is 11.8 Å². The van der Waals surface area contributed by atoms with E-state index in [1.807, 2.05) is 0 Å². The summed E-state index contributed by atoms with van der Waals surface area (Å²) in [5.41, 5.74) is 3.24. The Morgan fingerprint density at radius 3 is 2.37 bits per heavy atom. The minimum absolute atomic E-state index is 0.160. The topological polar surface area (TPSA) is 9.23 Å². The van der Waals surface area contributed by atoms with Crippen molar-refractivity contribution in [2.45, 2.75) is 66.1 Å². The summed E-state index contributed by atoms with van der Waals surface area (Å²) in [5.74, 6) is 2.38. The molecule has 0 amide bonds. The van der Waals surface area contributed by atoms with Crippen LogP contribution in [0.1, 0.15) is 53.9 Å². The van der Waals surface area contributed by atoms with Gasteiger partial charge in [0.15, 0.2) is 0 Å². The molecule has 0 aromatic heterocycles. The third-order valence-electron chi connectivity index (χ3n) is 3.88. The van der Waals surface area contributed by atoms with Gasteiger partial charge in [-0.2, -0.15) is 0 Å². The van der Waals surface area contributed by atoms with E-state index in [1.54, 1.807) is 11.1 Å². The maximum Gasteiger partial charge on any atom is 0.0794 e. The van der Waals surface area contributed by atoms with Crippen molar-refractivity contribution in [3.63, 3.8) is 0 Å². The summed E-state index contributed by atoms with van der Waals surface area (Å²) < 4.78 is 6.40. The normalized spacial score (nSPS) is 27.3. The Bertz CT molecular complexity index is 308. The monoisotopic (exact) mass is 304 g/mol. The lowest BCUT2D eigenvalue weighted by Crippen LogP contribution is -2.35. The molecule has 0 spiro atoms. The maximum atomic E-state index is 6.40. The highest BCUT2D eigenvalue weighted by Crippen LogP contribution is 2.40. The van der Waals surface area contributed by atoms with Gasteiger partial charge in [0, 0.05) is 5.75 Å². The van der Waals surface area contributed by atoms with Gasteiger partial charge in [-0.3, -0.25) is 0 Å². The number of hydrogen-bond acceptors (Lipinski definition) is 2. The average molecular weight is 305 g/mol. The van der Waals surface area contributed by atoms with Gasteiger partial charge in [-0.15, -0.1) is 11.7 Å². The lowest BCUT2D eigenvalue weighted by molar-refractivity contribution is -0.0363. The summed E-state index contributed by atoms with van der Waals surface area (Å²) in [7, 11) is -0.160. The largest absolute Gasteiger partial charge is 0.370 e. The summed E-state index contributed by atoms with van der Waals surface area (Å²) in [6.07, 6.45) is 6.49. The van der Waals surface area contributed by atoms with Crippen molar-refractivity contribution in [1.29, 1.82) is 0 Å². The van der Waals surface area contributed by atoms with Crippen LogP contribution in [0.4, 0.5) is 0 Å². The van der Waals surface area contributed by atoms with Crippen LogP contribution in [-0.4, -0.2) is 24.2 Å². The van der Waals surface area contributed by atoms with E-state index in [2.05, 4.69) is 52.5 Å². The molecule has 19 heavy (non-hydrogen) atoms. The SMILES string of the molecule is CCCC1OC(C(C)C)CC(C[SH](C)S)=C1C(C)C. The molecule has 0 aliphatic carbocycles. The van der Waals surface area contributed by atoms with Gasteiger partial charge in [0.25, 0.3) is 0 Å².